The standard InChI is InChI=1S/C28H30F3N3O3/c1-16-7-18(29)5-6-23(16)24-12-26(34-14-22(36)11-21(34)15-35)32-13-25(24)33(4)27(37)28(2,3)17-8-19(30)10-20(31)9-17/h5-10,12-13,21-22,35-36H,11,14-15H2,1-4H3. The van der Waals surface area contributed by atoms with E-state index >= 15 is 0 Å². The van der Waals surface area contributed by atoms with Crippen molar-refractivity contribution < 1.29 is 28.2 Å². The third-order valence-corrected chi connectivity index (χ3v) is 7.03. The number of likely N-dealkylation sites (N-methyl/N-ethyl adjacent to an activating group) is 1. The van der Waals surface area contributed by atoms with Gasteiger partial charge < -0.3 is 20.0 Å². The summed E-state index contributed by atoms with van der Waals surface area (Å²) >= 11 is 0. The predicted octanol–water partition coefficient (Wildman–Crippen LogP) is 4.35. The van der Waals surface area contributed by atoms with E-state index in [2.05, 4.69) is 4.98 Å². The Hall–Kier alpha value is -3.43. The van der Waals surface area contributed by atoms with E-state index in [0.29, 0.717) is 34.6 Å². The molecule has 0 radical (unpaired) electrons. The Kier molecular flexibility index (Phi) is 7.30. The number of carbonyl (C=O) groups excluding carboxylic acids is 1. The molecule has 1 amide bonds. The Labute approximate surface area is 214 Å². The highest BCUT2D eigenvalue weighted by Gasteiger charge is 2.36. The second-order valence-corrected chi connectivity index (χ2v) is 10.0. The van der Waals surface area contributed by atoms with E-state index in [4.69, 9.17) is 0 Å². The van der Waals surface area contributed by atoms with Gasteiger partial charge in [0.2, 0.25) is 5.91 Å². The highest BCUT2D eigenvalue weighted by molar-refractivity contribution is 6.03. The second-order valence-electron chi connectivity index (χ2n) is 10.0. The van der Waals surface area contributed by atoms with Crippen LogP contribution in [-0.2, 0) is 10.2 Å². The lowest BCUT2D eigenvalue weighted by molar-refractivity contribution is -0.122. The molecule has 2 atom stereocenters. The lowest BCUT2D eigenvalue weighted by Gasteiger charge is -2.32. The predicted molar refractivity (Wildman–Crippen MR) is 136 cm³/mol. The van der Waals surface area contributed by atoms with Crippen LogP contribution < -0.4 is 9.80 Å². The SMILES string of the molecule is Cc1cc(F)ccc1-c1cc(N2CC(O)CC2CO)ncc1N(C)C(=O)C(C)(C)c1cc(F)cc(F)c1. The fourth-order valence-corrected chi connectivity index (χ4v) is 4.92. The van der Waals surface area contributed by atoms with Crippen molar-refractivity contribution in [1.82, 2.24) is 4.98 Å². The summed E-state index contributed by atoms with van der Waals surface area (Å²) in [6.07, 6.45) is 1.28. The number of halogens is 3. The van der Waals surface area contributed by atoms with Crippen molar-refractivity contribution in [2.24, 2.45) is 0 Å². The summed E-state index contributed by atoms with van der Waals surface area (Å²) in [6.45, 7) is 5.04. The summed E-state index contributed by atoms with van der Waals surface area (Å²) < 4.78 is 41.8. The molecule has 37 heavy (non-hydrogen) atoms. The number of anilines is 2. The molecule has 2 N–H and O–H groups in total. The quantitative estimate of drug-likeness (QED) is 0.513. The first kappa shape index (κ1) is 26.6. The molecule has 4 rings (SSSR count). The van der Waals surface area contributed by atoms with Crippen LogP contribution in [-0.4, -0.2) is 53.4 Å². The Morgan fingerprint density at radius 2 is 1.76 bits per heavy atom. The lowest BCUT2D eigenvalue weighted by atomic mass is 9.83. The fraction of sp³-hybridized carbons (Fsp3) is 0.357. The first-order chi connectivity index (χ1) is 17.4. The summed E-state index contributed by atoms with van der Waals surface area (Å²) in [7, 11) is 1.55. The Morgan fingerprint density at radius 1 is 1.08 bits per heavy atom. The minimum absolute atomic E-state index is 0.165. The molecule has 1 aromatic heterocycles. The van der Waals surface area contributed by atoms with Crippen molar-refractivity contribution in [3.8, 4) is 11.1 Å². The molecule has 3 aromatic rings. The number of β-amino-alcohol motifs (C(OH)–C–C–N with tert-alkyl or cyclic N) is 1. The number of amides is 1. The topological polar surface area (TPSA) is 76.9 Å². The van der Waals surface area contributed by atoms with Crippen molar-refractivity contribution in [1.29, 1.82) is 0 Å². The highest BCUT2D eigenvalue weighted by atomic mass is 19.1. The fourth-order valence-electron chi connectivity index (χ4n) is 4.92. The number of pyridine rings is 1. The van der Waals surface area contributed by atoms with Gasteiger partial charge in [0, 0.05) is 25.2 Å². The number of rotatable bonds is 6. The molecule has 1 aliphatic heterocycles. The normalized spacial score (nSPS) is 17.8. The molecule has 1 saturated heterocycles. The molecule has 6 nitrogen and oxygen atoms in total. The molecule has 196 valence electrons. The highest BCUT2D eigenvalue weighted by Crippen LogP contribution is 2.38. The van der Waals surface area contributed by atoms with Crippen LogP contribution in [0, 0.1) is 24.4 Å². The number of aromatic nitrogens is 1. The summed E-state index contributed by atoms with van der Waals surface area (Å²) in [6, 6.07) is 8.76. The lowest BCUT2D eigenvalue weighted by Crippen LogP contribution is -2.42. The molecule has 9 heteroatoms. The van der Waals surface area contributed by atoms with Gasteiger partial charge in [-0.2, -0.15) is 0 Å². The van der Waals surface area contributed by atoms with E-state index in [9.17, 15) is 28.2 Å². The summed E-state index contributed by atoms with van der Waals surface area (Å²) in [5, 5.41) is 19.9. The van der Waals surface area contributed by atoms with Gasteiger partial charge in [-0.05, 0) is 74.2 Å². The summed E-state index contributed by atoms with van der Waals surface area (Å²) in [5.41, 5.74) is 1.18. The molecular weight excluding hydrogens is 483 g/mol. The van der Waals surface area contributed by atoms with Crippen LogP contribution in [0.2, 0.25) is 0 Å². The Balaban J connectivity index is 1.81. The molecule has 1 aliphatic rings. The largest absolute Gasteiger partial charge is 0.394 e. The van der Waals surface area contributed by atoms with Gasteiger partial charge in [0.25, 0.3) is 0 Å². The smallest absolute Gasteiger partial charge is 0.236 e. The minimum Gasteiger partial charge on any atom is -0.394 e. The van der Waals surface area contributed by atoms with E-state index in [0.717, 1.165) is 18.2 Å². The van der Waals surface area contributed by atoms with Crippen molar-refractivity contribution in [3.05, 3.63) is 77.2 Å². The van der Waals surface area contributed by atoms with Crippen molar-refractivity contribution in [3.63, 3.8) is 0 Å². The average Bonchev–Trinajstić information content (AvgIpc) is 3.23. The van der Waals surface area contributed by atoms with Crippen molar-refractivity contribution >= 4 is 17.4 Å². The number of aliphatic hydroxyl groups excluding tert-OH is 2. The molecule has 2 heterocycles. The van der Waals surface area contributed by atoms with Gasteiger partial charge in [0.15, 0.2) is 0 Å². The second kappa shape index (κ2) is 10.1. The summed E-state index contributed by atoms with van der Waals surface area (Å²) in [5.74, 6) is -1.90. The molecule has 0 saturated carbocycles. The Morgan fingerprint density at radius 3 is 2.38 bits per heavy atom. The van der Waals surface area contributed by atoms with Gasteiger partial charge in [0.05, 0.1) is 36.1 Å². The third-order valence-electron chi connectivity index (χ3n) is 7.03. The number of aliphatic hydroxyl groups is 2. The van der Waals surface area contributed by atoms with Crippen LogP contribution in [0.5, 0.6) is 0 Å². The molecule has 1 fully saturated rings. The van der Waals surface area contributed by atoms with Crippen molar-refractivity contribution in [2.75, 3.05) is 30.0 Å². The van der Waals surface area contributed by atoms with Gasteiger partial charge >= 0.3 is 0 Å². The van der Waals surface area contributed by atoms with Crippen LogP contribution >= 0.6 is 0 Å². The van der Waals surface area contributed by atoms with E-state index in [1.807, 2.05) is 0 Å². The molecular formula is C28H30F3N3O3. The van der Waals surface area contributed by atoms with E-state index < -0.39 is 34.9 Å². The van der Waals surface area contributed by atoms with Crippen LogP contribution in [0.3, 0.4) is 0 Å². The van der Waals surface area contributed by atoms with Crippen LogP contribution in [0.25, 0.3) is 11.1 Å². The molecule has 2 unspecified atom stereocenters. The third kappa shape index (κ3) is 5.19. The average molecular weight is 514 g/mol. The molecule has 0 bridgehead atoms. The zero-order chi connectivity index (χ0) is 27.1. The van der Waals surface area contributed by atoms with Crippen LogP contribution in [0.15, 0.2) is 48.7 Å². The first-order valence-corrected chi connectivity index (χ1v) is 12.0. The van der Waals surface area contributed by atoms with Gasteiger partial charge in [-0.15, -0.1) is 0 Å². The minimum atomic E-state index is -1.29. The van der Waals surface area contributed by atoms with Gasteiger partial charge in [0.1, 0.15) is 23.3 Å². The van der Waals surface area contributed by atoms with Crippen molar-refractivity contribution in [2.45, 2.75) is 44.8 Å². The molecule has 0 spiro atoms. The number of hydrogen-bond acceptors (Lipinski definition) is 5. The molecule has 0 aliphatic carbocycles. The number of aryl methyl sites for hydroxylation is 1. The maximum absolute atomic E-state index is 13.9. The zero-order valence-electron chi connectivity index (χ0n) is 21.2. The summed E-state index contributed by atoms with van der Waals surface area (Å²) in [4.78, 5) is 21.4. The van der Waals surface area contributed by atoms with Gasteiger partial charge in [-0.1, -0.05) is 6.07 Å². The first-order valence-electron chi connectivity index (χ1n) is 12.0. The number of carbonyl (C=O) groups is 1. The van der Waals surface area contributed by atoms with Crippen LogP contribution in [0.4, 0.5) is 24.7 Å². The maximum atomic E-state index is 13.9. The van der Waals surface area contributed by atoms with E-state index in [1.165, 1.54) is 23.2 Å². The van der Waals surface area contributed by atoms with Gasteiger partial charge in [-0.25, -0.2) is 18.2 Å². The number of hydrogen-bond donors (Lipinski definition) is 2. The van der Waals surface area contributed by atoms with Gasteiger partial charge in [-0.3, -0.25) is 4.79 Å². The Bertz CT molecular complexity index is 1310. The molecule has 2 aromatic carbocycles. The zero-order valence-corrected chi connectivity index (χ0v) is 21.2. The number of benzene rings is 2. The van der Waals surface area contributed by atoms with E-state index in [-0.39, 0.29) is 24.8 Å². The maximum Gasteiger partial charge on any atom is 0.236 e. The van der Waals surface area contributed by atoms with Crippen LogP contribution in [0.1, 0.15) is 31.4 Å². The number of nitrogens with zero attached hydrogens (tertiary/aromatic N) is 3. The van der Waals surface area contributed by atoms with E-state index in [1.54, 1.807) is 44.9 Å². The monoisotopic (exact) mass is 513 g/mol.